The number of ether oxygens (including phenoxy) is 2. The van der Waals surface area contributed by atoms with Crippen LogP contribution in [0.4, 0.5) is 0 Å². The molecule has 0 N–H and O–H groups in total. The molecule has 2 aromatic carbocycles. The fraction of sp³-hybridized carbons (Fsp3) is 0.158. The molecule has 0 aliphatic heterocycles. The van der Waals surface area contributed by atoms with Crippen molar-refractivity contribution in [3.05, 3.63) is 57.6 Å². The summed E-state index contributed by atoms with van der Waals surface area (Å²) in [5.41, 5.74) is 2.46. The van der Waals surface area contributed by atoms with Crippen molar-refractivity contribution in [1.82, 2.24) is 0 Å². The van der Waals surface area contributed by atoms with Gasteiger partial charge in [0.25, 0.3) is 0 Å². The first-order valence-electron chi connectivity index (χ1n) is 7.25. The molecule has 0 radical (unpaired) electrons. The molecule has 0 spiro atoms. The summed E-state index contributed by atoms with van der Waals surface area (Å²) >= 11 is 3.47. The third kappa shape index (κ3) is 3.95. The van der Waals surface area contributed by atoms with Crippen molar-refractivity contribution in [1.29, 1.82) is 10.5 Å². The van der Waals surface area contributed by atoms with Gasteiger partial charge in [-0.1, -0.05) is 12.1 Å². The highest BCUT2D eigenvalue weighted by molar-refractivity contribution is 9.10. The van der Waals surface area contributed by atoms with E-state index in [9.17, 15) is 5.26 Å². The molecule has 0 aliphatic carbocycles. The second-order valence-electron chi connectivity index (χ2n) is 4.83. The van der Waals surface area contributed by atoms with Gasteiger partial charge in [-0.2, -0.15) is 10.5 Å². The Labute approximate surface area is 149 Å². The summed E-state index contributed by atoms with van der Waals surface area (Å²) < 4.78 is 11.7. The lowest BCUT2D eigenvalue weighted by Gasteiger charge is -2.12. The Morgan fingerprint density at radius 2 is 2.04 bits per heavy atom. The molecular formula is C19H15BrN2O2. The number of nitrogens with zero attached hydrogens (tertiary/aromatic N) is 2. The number of halogens is 1. The highest BCUT2D eigenvalue weighted by Crippen LogP contribution is 2.37. The molecule has 0 fully saturated rings. The predicted molar refractivity (Wildman–Crippen MR) is 96.5 cm³/mol. The topological polar surface area (TPSA) is 66.0 Å². The van der Waals surface area contributed by atoms with Crippen LogP contribution in [0.25, 0.3) is 11.6 Å². The molecule has 0 heterocycles. The molecule has 2 aromatic rings. The van der Waals surface area contributed by atoms with Gasteiger partial charge in [0.05, 0.1) is 41.5 Å². The molecule has 2 rings (SSSR count). The van der Waals surface area contributed by atoms with Crippen LogP contribution in [-0.2, 0) is 0 Å². The van der Waals surface area contributed by atoms with E-state index < -0.39 is 0 Å². The average molecular weight is 383 g/mol. The Bertz CT molecular complexity index is 861. The number of methoxy groups -OCH3 is 1. The van der Waals surface area contributed by atoms with E-state index in [0.29, 0.717) is 34.8 Å². The van der Waals surface area contributed by atoms with Crippen LogP contribution in [0.2, 0.25) is 0 Å². The second kappa shape index (κ2) is 8.19. The van der Waals surface area contributed by atoms with Crippen LogP contribution in [0.5, 0.6) is 11.5 Å². The summed E-state index contributed by atoms with van der Waals surface area (Å²) in [4.78, 5) is 0. The van der Waals surface area contributed by atoms with Gasteiger partial charge in [0.15, 0.2) is 11.5 Å². The first kappa shape index (κ1) is 17.6. The Hall–Kier alpha value is -2.76. The standard InChI is InChI=1S/C19H15BrN2O2/c1-3-24-19-17(20)9-14(10-18(19)23-2)8-16(12-22)15-6-4-5-13(7-15)11-21/h4-10H,3H2,1-2H3/b16-8-. The SMILES string of the molecule is CCOc1c(Br)cc(/C=C(/C#N)c2cccc(C#N)c2)cc1OC. The number of allylic oxidation sites excluding steroid dienone is 1. The van der Waals surface area contributed by atoms with Crippen molar-refractivity contribution in [3.8, 4) is 23.6 Å². The van der Waals surface area contributed by atoms with Crippen molar-refractivity contribution < 1.29 is 9.47 Å². The van der Waals surface area contributed by atoms with Crippen molar-refractivity contribution in [2.24, 2.45) is 0 Å². The lowest BCUT2D eigenvalue weighted by molar-refractivity contribution is 0.309. The minimum Gasteiger partial charge on any atom is -0.493 e. The Morgan fingerprint density at radius 3 is 2.67 bits per heavy atom. The van der Waals surface area contributed by atoms with Gasteiger partial charge >= 0.3 is 0 Å². The summed E-state index contributed by atoms with van der Waals surface area (Å²) in [5.74, 6) is 1.21. The smallest absolute Gasteiger partial charge is 0.175 e. The highest BCUT2D eigenvalue weighted by atomic mass is 79.9. The van der Waals surface area contributed by atoms with Gasteiger partial charge in [-0.15, -0.1) is 0 Å². The van der Waals surface area contributed by atoms with E-state index in [0.717, 1.165) is 10.0 Å². The van der Waals surface area contributed by atoms with Crippen LogP contribution in [0.15, 0.2) is 40.9 Å². The van der Waals surface area contributed by atoms with Crippen molar-refractivity contribution in [3.63, 3.8) is 0 Å². The molecule has 24 heavy (non-hydrogen) atoms. The van der Waals surface area contributed by atoms with Gasteiger partial charge in [0.1, 0.15) is 0 Å². The minimum absolute atomic E-state index is 0.463. The monoisotopic (exact) mass is 382 g/mol. The lowest BCUT2D eigenvalue weighted by Crippen LogP contribution is -1.97. The molecule has 5 heteroatoms. The fourth-order valence-corrected chi connectivity index (χ4v) is 2.78. The van der Waals surface area contributed by atoms with Crippen molar-refractivity contribution >= 4 is 27.6 Å². The summed E-state index contributed by atoms with van der Waals surface area (Å²) in [6.45, 7) is 2.42. The third-order valence-electron chi connectivity index (χ3n) is 3.27. The number of hydrogen-bond donors (Lipinski definition) is 0. The molecule has 0 amide bonds. The molecular weight excluding hydrogens is 368 g/mol. The lowest BCUT2D eigenvalue weighted by atomic mass is 10.0. The first-order valence-corrected chi connectivity index (χ1v) is 8.04. The molecule has 0 saturated carbocycles. The molecule has 0 bridgehead atoms. The van der Waals surface area contributed by atoms with E-state index in [1.807, 2.05) is 13.0 Å². The van der Waals surface area contributed by atoms with E-state index in [-0.39, 0.29) is 0 Å². The van der Waals surface area contributed by atoms with Crippen molar-refractivity contribution in [2.45, 2.75) is 6.92 Å². The van der Waals surface area contributed by atoms with E-state index in [4.69, 9.17) is 14.7 Å². The quantitative estimate of drug-likeness (QED) is 0.550. The maximum atomic E-state index is 9.47. The molecule has 0 saturated heterocycles. The van der Waals surface area contributed by atoms with E-state index in [1.165, 1.54) is 0 Å². The number of benzene rings is 2. The van der Waals surface area contributed by atoms with Crippen LogP contribution in [0, 0.1) is 22.7 Å². The van der Waals surface area contributed by atoms with Crippen LogP contribution in [0.3, 0.4) is 0 Å². The molecule has 0 aromatic heterocycles. The van der Waals surface area contributed by atoms with Gasteiger partial charge < -0.3 is 9.47 Å². The number of nitriles is 2. The Balaban J connectivity index is 2.50. The summed E-state index contributed by atoms with van der Waals surface area (Å²) in [6.07, 6.45) is 1.75. The van der Waals surface area contributed by atoms with Gasteiger partial charge in [-0.05, 0) is 64.3 Å². The predicted octanol–water partition coefficient (Wildman–Crippen LogP) is 4.79. The zero-order valence-corrected chi connectivity index (χ0v) is 14.9. The van der Waals surface area contributed by atoms with Gasteiger partial charge in [0.2, 0.25) is 0 Å². The van der Waals surface area contributed by atoms with Crippen molar-refractivity contribution in [2.75, 3.05) is 13.7 Å². The van der Waals surface area contributed by atoms with E-state index in [2.05, 4.69) is 28.1 Å². The minimum atomic E-state index is 0.463. The van der Waals surface area contributed by atoms with Crippen LogP contribution >= 0.6 is 15.9 Å². The zero-order valence-electron chi connectivity index (χ0n) is 13.3. The molecule has 0 unspecified atom stereocenters. The van der Waals surface area contributed by atoms with Gasteiger partial charge in [-0.3, -0.25) is 0 Å². The summed E-state index contributed by atoms with van der Waals surface area (Å²) in [6, 6.07) is 14.9. The van der Waals surface area contributed by atoms with Gasteiger partial charge in [-0.25, -0.2) is 0 Å². The largest absolute Gasteiger partial charge is 0.493 e. The molecule has 0 aliphatic rings. The van der Waals surface area contributed by atoms with E-state index in [1.54, 1.807) is 43.5 Å². The first-order chi connectivity index (χ1) is 11.6. The maximum absolute atomic E-state index is 9.47. The van der Waals surface area contributed by atoms with Crippen LogP contribution < -0.4 is 9.47 Å². The summed E-state index contributed by atoms with van der Waals surface area (Å²) in [5, 5.41) is 18.5. The molecule has 0 atom stereocenters. The Morgan fingerprint density at radius 1 is 1.25 bits per heavy atom. The second-order valence-corrected chi connectivity index (χ2v) is 5.68. The molecule has 120 valence electrons. The Kier molecular flexibility index (Phi) is 6.01. The van der Waals surface area contributed by atoms with E-state index >= 15 is 0 Å². The third-order valence-corrected chi connectivity index (χ3v) is 3.86. The van der Waals surface area contributed by atoms with Crippen LogP contribution in [0.1, 0.15) is 23.6 Å². The molecule has 4 nitrogen and oxygen atoms in total. The maximum Gasteiger partial charge on any atom is 0.175 e. The fourth-order valence-electron chi connectivity index (χ4n) is 2.21. The number of rotatable bonds is 5. The average Bonchev–Trinajstić information content (AvgIpc) is 2.61. The summed E-state index contributed by atoms with van der Waals surface area (Å²) in [7, 11) is 1.57. The number of hydrogen-bond acceptors (Lipinski definition) is 4. The highest BCUT2D eigenvalue weighted by Gasteiger charge is 2.11. The normalized spacial score (nSPS) is 10.6. The van der Waals surface area contributed by atoms with Crippen LogP contribution in [-0.4, -0.2) is 13.7 Å². The zero-order chi connectivity index (χ0) is 17.5. The van der Waals surface area contributed by atoms with Gasteiger partial charge in [0, 0.05) is 0 Å².